The summed E-state index contributed by atoms with van der Waals surface area (Å²) in [7, 11) is 0. The van der Waals surface area contributed by atoms with Crippen molar-refractivity contribution in [1.29, 1.82) is 0 Å². The lowest BCUT2D eigenvalue weighted by Gasteiger charge is -2.11. The molecular formula is C18H18N4O3S. The second kappa shape index (κ2) is 7.40. The molecule has 0 unspecified atom stereocenters. The van der Waals surface area contributed by atoms with Crippen LogP contribution in [-0.4, -0.2) is 32.9 Å². The highest BCUT2D eigenvalue weighted by Gasteiger charge is 2.15. The van der Waals surface area contributed by atoms with E-state index in [1.807, 2.05) is 24.3 Å². The maximum absolute atomic E-state index is 12.2. The number of anilines is 1. The smallest absolute Gasteiger partial charge is 0.262 e. The molecule has 1 heterocycles. The number of carbonyl (C=O) groups is 1. The maximum Gasteiger partial charge on any atom is 0.262 e. The van der Waals surface area contributed by atoms with E-state index in [9.17, 15) is 15.0 Å². The van der Waals surface area contributed by atoms with Gasteiger partial charge in [-0.25, -0.2) is 10.4 Å². The van der Waals surface area contributed by atoms with Crippen LogP contribution in [0, 0.1) is 0 Å². The Hall–Kier alpha value is -3.13. The van der Waals surface area contributed by atoms with Gasteiger partial charge in [-0.3, -0.25) is 4.79 Å². The summed E-state index contributed by atoms with van der Waals surface area (Å²) in [5.41, 5.74) is 4.19. The maximum atomic E-state index is 12.2. The molecular weight excluding hydrogens is 352 g/mol. The summed E-state index contributed by atoms with van der Waals surface area (Å²) in [5, 5.41) is 26.9. The molecule has 8 heteroatoms. The molecule has 2 aromatic carbocycles. The molecule has 0 fully saturated rings. The lowest BCUT2D eigenvalue weighted by atomic mass is 10.1. The van der Waals surface area contributed by atoms with Crippen LogP contribution in [0.4, 0.5) is 5.13 Å². The number of phenolic OH excluding ortho intramolecular Hbond substituents is 2. The van der Waals surface area contributed by atoms with Crippen LogP contribution in [0.15, 0.2) is 47.6 Å². The molecule has 3 rings (SSSR count). The Morgan fingerprint density at radius 1 is 1.23 bits per heavy atom. The van der Waals surface area contributed by atoms with E-state index in [0.29, 0.717) is 16.4 Å². The van der Waals surface area contributed by atoms with Crippen molar-refractivity contribution in [3.8, 4) is 11.5 Å². The third-order valence-electron chi connectivity index (χ3n) is 3.73. The van der Waals surface area contributed by atoms with Crippen LogP contribution < -0.4 is 10.7 Å². The lowest BCUT2D eigenvalue weighted by Crippen LogP contribution is -2.35. The fraction of sp³-hybridized carbons (Fsp3) is 0.167. The normalized spacial score (nSPS) is 12.8. The number of nitrogens with zero attached hydrogens (tertiary/aromatic N) is 2. The predicted octanol–water partition coefficient (Wildman–Crippen LogP) is 3.05. The summed E-state index contributed by atoms with van der Waals surface area (Å²) in [5.74, 6) is -0.486. The topological polar surface area (TPSA) is 107 Å². The van der Waals surface area contributed by atoms with Crippen LogP contribution in [-0.2, 0) is 4.79 Å². The minimum Gasteiger partial charge on any atom is -0.508 e. The number of hydrogen-bond donors (Lipinski definition) is 4. The first kappa shape index (κ1) is 17.7. The second-order valence-electron chi connectivity index (χ2n) is 5.73. The Labute approximate surface area is 154 Å². The van der Waals surface area contributed by atoms with Crippen molar-refractivity contribution >= 4 is 38.3 Å². The minimum absolute atomic E-state index is 0.0447. The third kappa shape index (κ3) is 3.92. The van der Waals surface area contributed by atoms with Gasteiger partial charge >= 0.3 is 0 Å². The van der Waals surface area contributed by atoms with E-state index in [1.165, 1.54) is 29.5 Å². The van der Waals surface area contributed by atoms with E-state index in [2.05, 4.69) is 20.8 Å². The summed E-state index contributed by atoms with van der Waals surface area (Å²) in [6.07, 6.45) is 0. The van der Waals surface area contributed by atoms with Crippen LogP contribution in [0.5, 0.6) is 11.5 Å². The number of fused-ring (bicyclic) bond motifs is 1. The van der Waals surface area contributed by atoms with Gasteiger partial charge in [-0.1, -0.05) is 23.5 Å². The number of phenols is 2. The number of carbonyl (C=O) groups excluding carboxylic acids is 1. The number of benzene rings is 2. The highest BCUT2D eigenvalue weighted by atomic mass is 32.1. The first-order chi connectivity index (χ1) is 12.4. The van der Waals surface area contributed by atoms with Gasteiger partial charge in [0.1, 0.15) is 17.5 Å². The van der Waals surface area contributed by atoms with Crippen molar-refractivity contribution in [2.75, 3.05) is 5.32 Å². The molecule has 7 nitrogen and oxygen atoms in total. The van der Waals surface area contributed by atoms with Crippen LogP contribution in [0.1, 0.15) is 19.4 Å². The molecule has 0 aliphatic rings. The molecule has 1 aromatic heterocycles. The van der Waals surface area contributed by atoms with Gasteiger partial charge in [-0.05, 0) is 38.1 Å². The SMILES string of the molecule is C/C(=N\NC(=O)[C@@H](C)Nc1nc2ccccc2s1)c1ccc(O)cc1O. The van der Waals surface area contributed by atoms with Gasteiger partial charge in [-0.15, -0.1) is 0 Å². The molecule has 4 N–H and O–H groups in total. The predicted molar refractivity (Wildman–Crippen MR) is 103 cm³/mol. The zero-order chi connectivity index (χ0) is 18.7. The van der Waals surface area contributed by atoms with E-state index < -0.39 is 6.04 Å². The summed E-state index contributed by atoms with van der Waals surface area (Å²) in [6.45, 7) is 3.36. The van der Waals surface area contributed by atoms with Crippen molar-refractivity contribution in [2.24, 2.45) is 5.10 Å². The van der Waals surface area contributed by atoms with E-state index in [4.69, 9.17) is 0 Å². The van der Waals surface area contributed by atoms with Gasteiger partial charge in [0.2, 0.25) is 0 Å². The van der Waals surface area contributed by atoms with Crippen molar-refractivity contribution in [3.63, 3.8) is 0 Å². The molecule has 0 radical (unpaired) electrons. The van der Waals surface area contributed by atoms with Crippen LogP contribution in [0.25, 0.3) is 10.2 Å². The molecule has 0 saturated carbocycles. The molecule has 0 saturated heterocycles. The van der Waals surface area contributed by atoms with Gasteiger partial charge < -0.3 is 15.5 Å². The molecule has 1 atom stereocenters. The number of nitrogens with one attached hydrogen (secondary N) is 2. The fourth-order valence-corrected chi connectivity index (χ4v) is 3.26. The molecule has 0 aliphatic heterocycles. The average molecular weight is 370 g/mol. The molecule has 0 bridgehead atoms. The van der Waals surface area contributed by atoms with Gasteiger partial charge in [-0.2, -0.15) is 5.10 Å². The number of hydrazone groups is 1. The first-order valence-corrected chi connectivity index (χ1v) is 8.74. The van der Waals surface area contributed by atoms with Crippen molar-refractivity contribution < 1.29 is 15.0 Å². The summed E-state index contributed by atoms with van der Waals surface area (Å²) in [4.78, 5) is 16.7. The number of aromatic nitrogens is 1. The second-order valence-corrected chi connectivity index (χ2v) is 6.76. The zero-order valence-electron chi connectivity index (χ0n) is 14.2. The number of hydrogen-bond acceptors (Lipinski definition) is 7. The van der Waals surface area contributed by atoms with Gasteiger partial charge in [0.25, 0.3) is 5.91 Å². The van der Waals surface area contributed by atoms with E-state index in [1.54, 1.807) is 13.8 Å². The Morgan fingerprint density at radius 3 is 2.73 bits per heavy atom. The fourth-order valence-electron chi connectivity index (χ4n) is 2.31. The first-order valence-electron chi connectivity index (χ1n) is 7.92. The Morgan fingerprint density at radius 2 is 2.00 bits per heavy atom. The van der Waals surface area contributed by atoms with Crippen molar-refractivity contribution in [1.82, 2.24) is 10.4 Å². The highest BCUT2D eigenvalue weighted by Crippen LogP contribution is 2.26. The molecule has 134 valence electrons. The summed E-state index contributed by atoms with van der Waals surface area (Å²) < 4.78 is 1.04. The van der Waals surface area contributed by atoms with Crippen molar-refractivity contribution in [3.05, 3.63) is 48.0 Å². The van der Waals surface area contributed by atoms with Gasteiger partial charge in [0.15, 0.2) is 5.13 Å². The molecule has 0 spiro atoms. The minimum atomic E-state index is -0.541. The standard InChI is InChI=1S/C18H18N4O3S/c1-10(13-8-7-12(23)9-15(13)24)21-22-17(25)11(2)19-18-20-14-5-3-4-6-16(14)26-18/h3-9,11,23-24H,1-2H3,(H,19,20)(H,22,25)/b21-10+/t11-/m1/s1. The highest BCUT2D eigenvalue weighted by molar-refractivity contribution is 7.22. The Balaban J connectivity index is 1.65. The Bertz CT molecular complexity index is 950. The summed E-state index contributed by atoms with van der Waals surface area (Å²) >= 11 is 1.47. The van der Waals surface area contributed by atoms with Crippen LogP contribution in [0.2, 0.25) is 0 Å². The monoisotopic (exact) mass is 370 g/mol. The lowest BCUT2D eigenvalue weighted by molar-refractivity contribution is -0.121. The van der Waals surface area contributed by atoms with Gasteiger partial charge in [0.05, 0.1) is 15.9 Å². The number of rotatable bonds is 5. The van der Waals surface area contributed by atoms with E-state index >= 15 is 0 Å². The largest absolute Gasteiger partial charge is 0.508 e. The van der Waals surface area contributed by atoms with Gasteiger partial charge in [0, 0.05) is 11.6 Å². The summed E-state index contributed by atoms with van der Waals surface area (Å²) in [6, 6.07) is 11.4. The number of thiazole rings is 1. The third-order valence-corrected chi connectivity index (χ3v) is 4.70. The van der Waals surface area contributed by atoms with Crippen LogP contribution >= 0.6 is 11.3 Å². The number of amides is 1. The van der Waals surface area contributed by atoms with E-state index in [0.717, 1.165) is 10.2 Å². The quantitative estimate of drug-likeness (QED) is 0.408. The van der Waals surface area contributed by atoms with Crippen LogP contribution in [0.3, 0.4) is 0 Å². The zero-order valence-corrected chi connectivity index (χ0v) is 15.0. The Kier molecular flexibility index (Phi) is 5.04. The van der Waals surface area contributed by atoms with E-state index in [-0.39, 0.29) is 17.4 Å². The van der Waals surface area contributed by atoms with Crippen molar-refractivity contribution in [2.45, 2.75) is 19.9 Å². The molecule has 3 aromatic rings. The molecule has 1 amide bonds. The number of aromatic hydroxyl groups is 2. The molecule has 0 aliphatic carbocycles. The molecule has 26 heavy (non-hydrogen) atoms. The average Bonchev–Trinajstić information content (AvgIpc) is 3.01. The number of para-hydroxylation sites is 1.